The number of amides is 2. The molecule has 0 unspecified atom stereocenters. The maximum absolute atomic E-state index is 12.1. The Balaban J connectivity index is 1.59. The molecule has 2 aromatic carbocycles. The van der Waals surface area contributed by atoms with Crippen molar-refractivity contribution >= 4 is 17.5 Å². The first kappa shape index (κ1) is 17.0. The number of hydrogen-bond donors (Lipinski definition) is 2. The van der Waals surface area contributed by atoms with Crippen molar-refractivity contribution in [3.05, 3.63) is 59.7 Å². The predicted octanol–water partition coefficient (Wildman–Crippen LogP) is 2.06. The van der Waals surface area contributed by atoms with Crippen molar-refractivity contribution in [2.75, 3.05) is 25.6 Å². The second kappa shape index (κ2) is 7.81. The highest BCUT2D eigenvalue weighted by Gasteiger charge is 2.22. The van der Waals surface area contributed by atoms with E-state index in [-0.39, 0.29) is 12.6 Å². The van der Waals surface area contributed by atoms with Crippen molar-refractivity contribution in [2.45, 2.75) is 12.5 Å². The smallest absolute Gasteiger partial charge is 0.313 e. The average molecular weight is 340 g/mol. The molecule has 1 heterocycles. The van der Waals surface area contributed by atoms with Crippen LogP contribution in [-0.4, -0.2) is 32.1 Å². The van der Waals surface area contributed by atoms with Crippen molar-refractivity contribution in [2.24, 2.45) is 0 Å². The number of anilines is 1. The molecule has 0 fully saturated rings. The number of hydrogen-bond acceptors (Lipinski definition) is 4. The lowest BCUT2D eigenvalue weighted by molar-refractivity contribution is -0.136. The van der Waals surface area contributed by atoms with E-state index in [9.17, 15) is 9.59 Å². The summed E-state index contributed by atoms with van der Waals surface area (Å²) in [4.78, 5) is 24.2. The van der Waals surface area contributed by atoms with E-state index in [4.69, 9.17) is 9.47 Å². The number of carbonyl (C=O) groups excluding carboxylic acids is 2. The molecule has 1 aliphatic rings. The number of para-hydroxylation sites is 2. The fourth-order valence-electron chi connectivity index (χ4n) is 2.84. The van der Waals surface area contributed by atoms with Gasteiger partial charge in [-0.25, -0.2) is 0 Å². The first-order chi connectivity index (χ1) is 12.2. The maximum Gasteiger partial charge on any atom is 0.313 e. The van der Waals surface area contributed by atoms with Gasteiger partial charge in [0.05, 0.1) is 19.4 Å². The first-order valence-corrected chi connectivity index (χ1v) is 8.10. The van der Waals surface area contributed by atoms with E-state index >= 15 is 0 Å². The van der Waals surface area contributed by atoms with Crippen LogP contribution in [0.2, 0.25) is 0 Å². The van der Waals surface area contributed by atoms with Gasteiger partial charge in [0.2, 0.25) is 0 Å². The van der Waals surface area contributed by atoms with Gasteiger partial charge in [-0.05, 0) is 29.7 Å². The van der Waals surface area contributed by atoms with Gasteiger partial charge in [0.1, 0.15) is 11.9 Å². The van der Waals surface area contributed by atoms with E-state index in [1.807, 2.05) is 18.2 Å². The molecule has 0 aliphatic carbocycles. The summed E-state index contributed by atoms with van der Waals surface area (Å²) in [6, 6.07) is 14.9. The summed E-state index contributed by atoms with van der Waals surface area (Å²) >= 11 is 0. The van der Waals surface area contributed by atoms with E-state index in [2.05, 4.69) is 16.7 Å². The van der Waals surface area contributed by atoms with Gasteiger partial charge in [0, 0.05) is 6.54 Å². The lowest BCUT2D eigenvalue weighted by Crippen LogP contribution is -2.39. The molecular weight excluding hydrogens is 320 g/mol. The van der Waals surface area contributed by atoms with Gasteiger partial charge < -0.3 is 20.1 Å². The van der Waals surface area contributed by atoms with Crippen LogP contribution in [0.3, 0.4) is 0 Å². The highest BCUT2D eigenvalue weighted by molar-refractivity contribution is 6.39. The summed E-state index contributed by atoms with van der Waals surface area (Å²) in [5.41, 5.74) is 2.72. The molecule has 0 bridgehead atoms. The third-order valence-corrected chi connectivity index (χ3v) is 4.10. The van der Waals surface area contributed by atoms with Crippen LogP contribution in [-0.2, 0) is 20.7 Å². The van der Waals surface area contributed by atoms with E-state index in [1.165, 1.54) is 12.7 Å². The minimum absolute atomic E-state index is 0.243. The minimum atomic E-state index is -0.742. The van der Waals surface area contributed by atoms with Crippen molar-refractivity contribution in [3.8, 4) is 5.75 Å². The van der Waals surface area contributed by atoms with Crippen LogP contribution in [0, 0.1) is 0 Å². The van der Waals surface area contributed by atoms with Gasteiger partial charge in [0.25, 0.3) is 0 Å². The first-order valence-electron chi connectivity index (χ1n) is 8.10. The summed E-state index contributed by atoms with van der Waals surface area (Å²) in [5.74, 6) is -0.959. The van der Waals surface area contributed by atoms with Gasteiger partial charge in [-0.3, -0.25) is 9.59 Å². The highest BCUT2D eigenvalue weighted by atomic mass is 16.5. The lowest BCUT2D eigenvalue weighted by atomic mass is 9.97. The molecule has 6 nitrogen and oxygen atoms in total. The van der Waals surface area contributed by atoms with E-state index in [0.717, 1.165) is 12.0 Å². The molecule has 0 saturated carbocycles. The zero-order chi connectivity index (χ0) is 17.6. The van der Waals surface area contributed by atoms with E-state index in [1.54, 1.807) is 24.3 Å². The molecule has 6 heteroatoms. The Hall–Kier alpha value is -2.86. The highest BCUT2D eigenvalue weighted by Crippen LogP contribution is 2.26. The van der Waals surface area contributed by atoms with Crippen LogP contribution in [0.5, 0.6) is 5.75 Å². The molecule has 2 aromatic rings. The summed E-state index contributed by atoms with van der Waals surface area (Å²) in [6.07, 6.45) is 0.613. The molecule has 130 valence electrons. The van der Waals surface area contributed by atoms with Crippen LogP contribution >= 0.6 is 0 Å². The Bertz CT molecular complexity index is 776. The molecule has 0 aromatic heterocycles. The zero-order valence-corrected chi connectivity index (χ0v) is 14.0. The third kappa shape index (κ3) is 3.97. The van der Waals surface area contributed by atoms with Crippen LogP contribution in [0.4, 0.5) is 5.69 Å². The van der Waals surface area contributed by atoms with Crippen molar-refractivity contribution in [1.82, 2.24) is 5.32 Å². The van der Waals surface area contributed by atoms with Crippen molar-refractivity contribution in [3.63, 3.8) is 0 Å². The normalized spacial score (nSPS) is 15.8. The van der Waals surface area contributed by atoms with E-state index < -0.39 is 11.8 Å². The van der Waals surface area contributed by atoms with Crippen LogP contribution in [0.15, 0.2) is 48.5 Å². The molecule has 0 saturated heterocycles. The third-order valence-electron chi connectivity index (χ3n) is 4.10. The molecule has 3 rings (SSSR count). The topological polar surface area (TPSA) is 76.7 Å². The Kier molecular flexibility index (Phi) is 5.30. The van der Waals surface area contributed by atoms with Gasteiger partial charge in [-0.2, -0.15) is 0 Å². The number of methoxy groups -OCH3 is 1. The molecule has 25 heavy (non-hydrogen) atoms. The summed E-state index contributed by atoms with van der Waals surface area (Å²) in [5, 5.41) is 5.19. The largest absolute Gasteiger partial charge is 0.495 e. The monoisotopic (exact) mass is 340 g/mol. The lowest BCUT2D eigenvalue weighted by Gasteiger charge is -2.26. The zero-order valence-electron chi connectivity index (χ0n) is 14.0. The molecule has 0 radical (unpaired) electrons. The maximum atomic E-state index is 12.1. The predicted molar refractivity (Wildman–Crippen MR) is 93.5 cm³/mol. The number of fused-ring (bicyclic) bond motifs is 1. The molecule has 2 amide bonds. The summed E-state index contributed by atoms with van der Waals surface area (Å²) < 4.78 is 10.9. The van der Waals surface area contributed by atoms with Crippen LogP contribution in [0.1, 0.15) is 17.2 Å². The Labute approximate surface area is 146 Å². The van der Waals surface area contributed by atoms with Crippen molar-refractivity contribution < 1.29 is 19.1 Å². The van der Waals surface area contributed by atoms with Crippen LogP contribution in [0.25, 0.3) is 0 Å². The standard InChI is InChI=1S/C19H20N2O4/c1-24-16-9-5-4-8-15(16)21-19(23)18(22)20-12-17-14-7-3-2-6-13(14)10-11-25-17/h2-9,17H,10-12H2,1H3,(H,20,22)(H,21,23)/t17-/m1/s1. The number of benzene rings is 2. The van der Waals surface area contributed by atoms with Crippen molar-refractivity contribution in [1.29, 1.82) is 0 Å². The Morgan fingerprint density at radius 3 is 2.72 bits per heavy atom. The van der Waals surface area contributed by atoms with Gasteiger partial charge >= 0.3 is 11.8 Å². The second-order valence-electron chi connectivity index (χ2n) is 5.67. The minimum Gasteiger partial charge on any atom is -0.495 e. The van der Waals surface area contributed by atoms with Gasteiger partial charge in [-0.1, -0.05) is 36.4 Å². The number of ether oxygens (including phenoxy) is 2. The van der Waals surface area contributed by atoms with Gasteiger partial charge in [0.15, 0.2) is 0 Å². The number of nitrogens with one attached hydrogen (secondary N) is 2. The number of carbonyl (C=O) groups is 2. The molecular formula is C19H20N2O4. The summed E-state index contributed by atoms with van der Waals surface area (Å²) in [6.45, 7) is 0.847. The second-order valence-corrected chi connectivity index (χ2v) is 5.67. The molecule has 2 N–H and O–H groups in total. The van der Waals surface area contributed by atoms with Crippen LogP contribution < -0.4 is 15.4 Å². The molecule has 1 atom stereocenters. The SMILES string of the molecule is COc1ccccc1NC(=O)C(=O)NC[C@H]1OCCc2ccccc21. The fourth-order valence-corrected chi connectivity index (χ4v) is 2.84. The molecule has 1 aliphatic heterocycles. The quantitative estimate of drug-likeness (QED) is 0.836. The van der Waals surface area contributed by atoms with Gasteiger partial charge in [-0.15, -0.1) is 0 Å². The Morgan fingerprint density at radius 1 is 1.12 bits per heavy atom. The average Bonchev–Trinajstić information content (AvgIpc) is 2.66. The molecule has 0 spiro atoms. The Morgan fingerprint density at radius 2 is 1.88 bits per heavy atom. The fraction of sp³-hybridized carbons (Fsp3) is 0.263. The van der Waals surface area contributed by atoms with E-state index in [0.29, 0.717) is 18.0 Å². The number of rotatable bonds is 4. The summed E-state index contributed by atoms with van der Waals surface area (Å²) in [7, 11) is 1.50.